The van der Waals surface area contributed by atoms with E-state index in [9.17, 15) is 4.79 Å². The van der Waals surface area contributed by atoms with E-state index in [0.29, 0.717) is 22.0 Å². The summed E-state index contributed by atoms with van der Waals surface area (Å²) in [5, 5.41) is 17.3. The third kappa shape index (κ3) is 4.63. The molecule has 3 rings (SSSR count). The van der Waals surface area contributed by atoms with E-state index in [1.807, 2.05) is 18.2 Å². The average Bonchev–Trinajstić information content (AvgIpc) is 3.14. The number of carbonyl (C=O) groups is 1. The van der Waals surface area contributed by atoms with Gasteiger partial charge in [-0.1, -0.05) is 47.6 Å². The number of ether oxygens (including phenoxy) is 1. The van der Waals surface area contributed by atoms with Crippen LogP contribution in [0.1, 0.15) is 11.1 Å². The van der Waals surface area contributed by atoms with Crippen LogP contribution in [0.25, 0.3) is 11.5 Å². The van der Waals surface area contributed by atoms with E-state index in [1.54, 1.807) is 36.4 Å². The summed E-state index contributed by atoms with van der Waals surface area (Å²) in [6.45, 7) is 0.139. The third-order valence-corrected chi connectivity index (χ3v) is 4.43. The zero-order chi connectivity index (χ0) is 18.4. The number of carbonyl (C=O) groups excluding carboxylic acids is 1. The Kier molecular flexibility index (Phi) is 5.89. The van der Waals surface area contributed by atoms with E-state index in [0.717, 1.165) is 17.3 Å². The van der Waals surface area contributed by atoms with Gasteiger partial charge in [-0.05, 0) is 29.8 Å². The molecule has 0 aliphatic carbocycles. The van der Waals surface area contributed by atoms with Crippen molar-refractivity contribution in [3.63, 3.8) is 0 Å². The van der Waals surface area contributed by atoms with Gasteiger partial charge in [-0.2, -0.15) is 5.26 Å². The number of esters is 1. The molecule has 2 aromatic carbocycles. The molecule has 0 unspecified atom stereocenters. The zero-order valence-electron chi connectivity index (χ0n) is 13.4. The smallest absolute Gasteiger partial charge is 0.316 e. The van der Waals surface area contributed by atoms with Crippen LogP contribution in [0.2, 0.25) is 5.02 Å². The predicted molar refractivity (Wildman–Crippen MR) is 96.4 cm³/mol. The number of benzene rings is 2. The Morgan fingerprint density at radius 3 is 2.69 bits per heavy atom. The molecule has 0 atom stereocenters. The molecule has 8 heteroatoms. The first-order valence-electron chi connectivity index (χ1n) is 7.51. The van der Waals surface area contributed by atoms with Gasteiger partial charge in [0, 0.05) is 0 Å². The van der Waals surface area contributed by atoms with Crippen molar-refractivity contribution in [3.05, 3.63) is 64.7 Å². The van der Waals surface area contributed by atoms with E-state index in [4.69, 9.17) is 26.0 Å². The Labute approximate surface area is 158 Å². The molecule has 1 heterocycles. The SMILES string of the molecule is N#Cc1ccc(COC(=O)CSc2nnc(-c3ccccc3Cl)o2)cc1. The Bertz CT molecular complexity index is 951. The van der Waals surface area contributed by atoms with E-state index in [-0.39, 0.29) is 17.6 Å². The van der Waals surface area contributed by atoms with E-state index >= 15 is 0 Å². The van der Waals surface area contributed by atoms with Gasteiger partial charge >= 0.3 is 5.97 Å². The van der Waals surface area contributed by atoms with Crippen molar-refractivity contribution in [1.82, 2.24) is 10.2 Å². The molecule has 0 aliphatic heterocycles. The molecule has 0 saturated carbocycles. The number of aromatic nitrogens is 2. The summed E-state index contributed by atoms with van der Waals surface area (Å²) in [5.74, 6) is -0.0682. The fourth-order valence-electron chi connectivity index (χ4n) is 2.01. The van der Waals surface area contributed by atoms with Gasteiger partial charge in [-0.3, -0.25) is 4.79 Å². The Morgan fingerprint density at radius 1 is 1.19 bits per heavy atom. The highest BCUT2D eigenvalue weighted by Crippen LogP contribution is 2.28. The molecule has 0 N–H and O–H groups in total. The van der Waals surface area contributed by atoms with Crippen molar-refractivity contribution in [3.8, 4) is 17.5 Å². The number of rotatable bonds is 6. The van der Waals surface area contributed by atoms with Gasteiger partial charge in [0.25, 0.3) is 5.22 Å². The van der Waals surface area contributed by atoms with Crippen molar-refractivity contribution in [2.24, 2.45) is 0 Å². The highest BCUT2D eigenvalue weighted by atomic mass is 35.5. The summed E-state index contributed by atoms with van der Waals surface area (Å²) in [5.41, 5.74) is 2.00. The standard InChI is InChI=1S/C18H12ClN3O3S/c19-15-4-2-1-3-14(15)17-21-22-18(25-17)26-11-16(23)24-10-13-7-5-12(9-20)6-8-13/h1-8H,10-11H2. The molecule has 6 nitrogen and oxygen atoms in total. The van der Waals surface area contributed by atoms with Gasteiger partial charge in [0.05, 0.1) is 22.2 Å². The van der Waals surface area contributed by atoms with Crippen molar-refractivity contribution in [2.75, 3.05) is 5.75 Å². The lowest BCUT2D eigenvalue weighted by atomic mass is 10.2. The lowest BCUT2D eigenvalue weighted by Crippen LogP contribution is -2.07. The molecule has 0 amide bonds. The Morgan fingerprint density at radius 2 is 1.96 bits per heavy atom. The van der Waals surface area contributed by atoms with Gasteiger partial charge in [0.1, 0.15) is 12.4 Å². The molecule has 1 aromatic heterocycles. The molecule has 0 bridgehead atoms. The van der Waals surface area contributed by atoms with Crippen LogP contribution >= 0.6 is 23.4 Å². The van der Waals surface area contributed by atoms with Crippen LogP contribution < -0.4 is 0 Å². The van der Waals surface area contributed by atoms with Crippen molar-refractivity contribution in [2.45, 2.75) is 11.8 Å². The second kappa shape index (κ2) is 8.52. The number of nitrogens with zero attached hydrogens (tertiary/aromatic N) is 3. The maximum absolute atomic E-state index is 11.8. The highest BCUT2D eigenvalue weighted by Gasteiger charge is 2.13. The molecule has 0 saturated heterocycles. The van der Waals surface area contributed by atoms with Crippen LogP contribution in [0.3, 0.4) is 0 Å². The van der Waals surface area contributed by atoms with Crippen LogP contribution in [0.5, 0.6) is 0 Å². The number of hydrogen-bond acceptors (Lipinski definition) is 7. The lowest BCUT2D eigenvalue weighted by molar-refractivity contribution is -0.141. The topological polar surface area (TPSA) is 89.0 Å². The van der Waals surface area contributed by atoms with Gasteiger partial charge in [-0.15, -0.1) is 10.2 Å². The molecule has 0 spiro atoms. The quantitative estimate of drug-likeness (QED) is 0.466. The molecule has 3 aromatic rings. The minimum Gasteiger partial charge on any atom is -0.460 e. The van der Waals surface area contributed by atoms with Crippen molar-refractivity contribution in [1.29, 1.82) is 5.26 Å². The predicted octanol–water partition coefficient (Wildman–Crippen LogP) is 4.10. The summed E-state index contributed by atoms with van der Waals surface area (Å²) < 4.78 is 10.7. The fraction of sp³-hybridized carbons (Fsp3) is 0.111. The molecule has 0 radical (unpaired) electrons. The number of halogens is 1. The van der Waals surface area contributed by atoms with Crippen molar-refractivity contribution >= 4 is 29.3 Å². The first-order valence-corrected chi connectivity index (χ1v) is 8.88. The van der Waals surface area contributed by atoms with E-state index < -0.39 is 5.97 Å². The summed E-state index contributed by atoms with van der Waals surface area (Å²) in [7, 11) is 0. The zero-order valence-corrected chi connectivity index (χ0v) is 15.0. The fourth-order valence-corrected chi connectivity index (χ4v) is 2.79. The molecule has 26 heavy (non-hydrogen) atoms. The maximum Gasteiger partial charge on any atom is 0.316 e. The first kappa shape index (κ1) is 18.0. The second-order valence-electron chi connectivity index (χ2n) is 5.11. The molecule has 0 fully saturated rings. The van der Waals surface area contributed by atoms with Crippen LogP contribution in [0, 0.1) is 11.3 Å². The minimum atomic E-state index is -0.406. The number of hydrogen-bond donors (Lipinski definition) is 0. The van der Waals surface area contributed by atoms with Crippen LogP contribution in [-0.4, -0.2) is 21.9 Å². The van der Waals surface area contributed by atoms with E-state index in [2.05, 4.69) is 10.2 Å². The number of thioether (sulfide) groups is 1. The van der Waals surface area contributed by atoms with Gasteiger partial charge in [-0.25, -0.2) is 0 Å². The summed E-state index contributed by atoms with van der Waals surface area (Å²) >= 11 is 7.18. The highest BCUT2D eigenvalue weighted by molar-refractivity contribution is 7.99. The maximum atomic E-state index is 11.8. The second-order valence-corrected chi connectivity index (χ2v) is 6.44. The number of nitriles is 1. The Hall–Kier alpha value is -2.82. The minimum absolute atomic E-state index is 0.0421. The largest absolute Gasteiger partial charge is 0.460 e. The monoisotopic (exact) mass is 385 g/mol. The van der Waals surface area contributed by atoms with Crippen LogP contribution in [0.4, 0.5) is 0 Å². The summed E-state index contributed by atoms with van der Waals surface area (Å²) in [4.78, 5) is 11.8. The normalized spacial score (nSPS) is 10.3. The third-order valence-electron chi connectivity index (χ3n) is 3.31. The molecule has 130 valence electrons. The molecular formula is C18H12ClN3O3S. The molecule has 0 aliphatic rings. The molecular weight excluding hydrogens is 374 g/mol. The van der Waals surface area contributed by atoms with Crippen LogP contribution in [-0.2, 0) is 16.1 Å². The van der Waals surface area contributed by atoms with E-state index in [1.165, 1.54) is 0 Å². The Balaban J connectivity index is 1.50. The van der Waals surface area contributed by atoms with Crippen molar-refractivity contribution < 1.29 is 13.9 Å². The van der Waals surface area contributed by atoms with Gasteiger partial charge < -0.3 is 9.15 Å². The van der Waals surface area contributed by atoms with Gasteiger partial charge in [0.2, 0.25) is 5.89 Å². The van der Waals surface area contributed by atoms with Gasteiger partial charge in [0.15, 0.2) is 0 Å². The average molecular weight is 386 g/mol. The lowest BCUT2D eigenvalue weighted by Gasteiger charge is -2.03. The summed E-state index contributed by atoms with van der Waals surface area (Å²) in [6.07, 6.45) is 0. The first-order chi connectivity index (χ1) is 12.7. The van der Waals surface area contributed by atoms with Crippen LogP contribution in [0.15, 0.2) is 58.2 Å². The summed E-state index contributed by atoms with van der Waals surface area (Å²) in [6, 6.07) is 16.0.